The Kier molecular flexibility index (Phi) is 7.01. The lowest BCUT2D eigenvalue weighted by molar-refractivity contribution is -0.385. The van der Waals surface area contributed by atoms with Gasteiger partial charge in [-0.2, -0.15) is 0 Å². The number of nitro benzene ring substituents is 1. The summed E-state index contributed by atoms with van der Waals surface area (Å²) in [6, 6.07) is 4.40. The van der Waals surface area contributed by atoms with Crippen LogP contribution in [0.2, 0.25) is 0 Å². The lowest BCUT2D eigenvalue weighted by atomic mass is 10.1. The van der Waals surface area contributed by atoms with E-state index in [2.05, 4.69) is 10.1 Å². The Labute approximate surface area is 128 Å². The molecule has 7 heteroatoms. The molecule has 1 N–H and O–H groups in total. The average Bonchev–Trinajstić information content (AvgIpc) is 2.50. The van der Waals surface area contributed by atoms with Crippen molar-refractivity contribution in [1.82, 2.24) is 5.32 Å². The van der Waals surface area contributed by atoms with Crippen LogP contribution in [-0.2, 0) is 9.53 Å². The second kappa shape index (κ2) is 8.76. The molecule has 120 valence electrons. The zero-order chi connectivity index (χ0) is 16.5. The predicted octanol–water partition coefficient (Wildman–Crippen LogP) is 2.37. The minimum absolute atomic E-state index is 0.0641. The summed E-state index contributed by atoms with van der Waals surface area (Å²) in [4.78, 5) is 33.2. The number of nitrogens with zero attached hydrogens (tertiary/aromatic N) is 1. The lowest BCUT2D eigenvalue weighted by Crippen LogP contribution is -2.24. The minimum atomic E-state index is -0.501. The van der Waals surface area contributed by atoms with E-state index in [4.69, 9.17) is 0 Å². The maximum atomic E-state index is 11.9. The van der Waals surface area contributed by atoms with Gasteiger partial charge in [0, 0.05) is 30.2 Å². The molecule has 0 atom stereocenters. The van der Waals surface area contributed by atoms with Crippen LogP contribution in [0.4, 0.5) is 5.69 Å². The van der Waals surface area contributed by atoms with Gasteiger partial charge in [0.05, 0.1) is 12.0 Å². The number of hydrogen-bond donors (Lipinski definition) is 1. The number of aryl methyl sites for hydroxylation is 1. The van der Waals surface area contributed by atoms with E-state index in [0.717, 1.165) is 12.8 Å². The number of unbranched alkanes of at least 4 members (excludes halogenated alkanes) is 2. The zero-order valence-corrected chi connectivity index (χ0v) is 12.8. The van der Waals surface area contributed by atoms with Gasteiger partial charge in [-0.25, -0.2) is 0 Å². The monoisotopic (exact) mass is 308 g/mol. The number of amides is 1. The Bertz CT molecular complexity index is 557. The largest absolute Gasteiger partial charge is 0.469 e. The molecule has 0 saturated carbocycles. The van der Waals surface area contributed by atoms with Crippen LogP contribution < -0.4 is 5.32 Å². The van der Waals surface area contributed by atoms with Gasteiger partial charge < -0.3 is 10.1 Å². The Balaban J connectivity index is 2.38. The van der Waals surface area contributed by atoms with Crippen molar-refractivity contribution in [3.05, 3.63) is 39.4 Å². The second-order valence-electron chi connectivity index (χ2n) is 4.90. The van der Waals surface area contributed by atoms with Crippen LogP contribution in [0.25, 0.3) is 0 Å². The molecule has 0 aliphatic heterocycles. The standard InChI is InChI=1S/C15H20N2O5/c1-11-7-8-12(10-13(11)17(20)21)15(19)16-9-5-3-4-6-14(18)22-2/h7-8,10H,3-6,9H2,1-2H3,(H,16,19). The normalized spacial score (nSPS) is 10.1. The fourth-order valence-electron chi connectivity index (χ4n) is 1.92. The van der Waals surface area contributed by atoms with Gasteiger partial charge in [0.1, 0.15) is 0 Å². The van der Waals surface area contributed by atoms with Gasteiger partial charge >= 0.3 is 5.97 Å². The highest BCUT2D eigenvalue weighted by Gasteiger charge is 2.14. The van der Waals surface area contributed by atoms with E-state index >= 15 is 0 Å². The average molecular weight is 308 g/mol. The van der Waals surface area contributed by atoms with E-state index in [9.17, 15) is 19.7 Å². The van der Waals surface area contributed by atoms with Crippen LogP contribution >= 0.6 is 0 Å². The fourth-order valence-corrected chi connectivity index (χ4v) is 1.92. The van der Waals surface area contributed by atoms with Gasteiger partial charge in [-0.1, -0.05) is 12.5 Å². The number of esters is 1. The first-order chi connectivity index (χ1) is 10.5. The number of carbonyl (C=O) groups is 2. The van der Waals surface area contributed by atoms with Crippen molar-refractivity contribution in [2.45, 2.75) is 32.6 Å². The molecule has 1 aromatic carbocycles. The van der Waals surface area contributed by atoms with E-state index in [1.165, 1.54) is 13.2 Å². The molecule has 0 aromatic heterocycles. The molecule has 0 saturated heterocycles. The molecule has 0 aliphatic carbocycles. The van der Waals surface area contributed by atoms with Crippen molar-refractivity contribution >= 4 is 17.6 Å². The first kappa shape index (κ1) is 17.6. The number of methoxy groups -OCH3 is 1. The molecule has 7 nitrogen and oxygen atoms in total. The topological polar surface area (TPSA) is 98.5 Å². The third kappa shape index (κ3) is 5.51. The molecule has 1 amide bonds. The molecule has 0 unspecified atom stereocenters. The lowest BCUT2D eigenvalue weighted by Gasteiger charge is -2.06. The van der Waals surface area contributed by atoms with E-state index in [-0.39, 0.29) is 23.1 Å². The molecule has 0 heterocycles. The van der Waals surface area contributed by atoms with Crippen LogP contribution in [0.5, 0.6) is 0 Å². The molecule has 1 aromatic rings. The Morgan fingerprint density at radius 3 is 2.64 bits per heavy atom. The third-order valence-electron chi connectivity index (χ3n) is 3.24. The van der Waals surface area contributed by atoms with Crippen molar-refractivity contribution in [1.29, 1.82) is 0 Å². The van der Waals surface area contributed by atoms with Crippen LogP contribution in [0.15, 0.2) is 18.2 Å². The first-order valence-corrected chi connectivity index (χ1v) is 7.05. The molecule has 0 aliphatic rings. The van der Waals surface area contributed by atoms with Crippen molar-refractivity contribution in [3.63, 3.8) is 0 Å². The summed E-state index contributed by atoms with van der Waals surface area (Å²) in [5.74, 6) is -0.577. The highest BCUT2D eigenvalue weighted by atomic mass is 16.6. The molecule has 0 radical (unpaired) electrons. The SMILES string of the molecule is COC(=O)CCCCCNC(=O)c1ccc(C)c([N+](=O)[O-])c1. The molecular formula is C15H20N2O5. The minimum Gasteiger partial charge on any atom is -0.469 e. The number of nitro groups is 1. The maximum absolute atomic E-state index is 11.9. The Hall–Kier alpha value is -2.44. The number of hydrogen-bond acceptors (Lipinski definition) is 5. The summed E-state index contributed by atoms with van der Waals surface area (Å²) in [6.07, 6.45) is 2.60. The molecule has 22 heavy (non-hydrogen) atoms. The fraction of sp³-hybridized carbons (Fsp3) is 0.467. The van der Waals surface area contributed by atoms with E-state index < -0.39 is 4.92 Å². The zero-order valence-electron chi connectivity index (χ0n) is 12.8. The van der Waals surface area contributed by atoms with Crippen LogP contribution in [0, 0.1) is 17.0 Å². The Morgan fingerprint density at radius 1 is 1.27 bits per heavy atom. The highest BCUT2D eigenvalue weighted by molar-refractivity contribution is 5.94. The number of rotatable bonds is 8. The molecule has 0 fully saturated rings. The third-order valence-corrected chi connectivity index (χ3v) is 3.24. The molecule has 0 spiro atoms. The molecule has 1 rings (SSSR count). The van der Waals surface area contributed by atoms with Gasteiger partial charge in [-0.05, 0) is 25.8 Å². The summed E-state index contributed by atoms with van der Waals surface area (Å²) in [7, 11) is 1.35. The van der Waals surface area contributed by atoms with Gasteiger partial charge in [-0.15, -0.1) is 0 Å². The van der Waals surface area contributed by atoms with Crippen LogP contribution in [0.3, 0.4) is 0 Å². The van der Waals surface area contributed by atoms with Crippen LogP contribution in [-0.4, -0.2) is 30.5 Å². The summed E-state index contributed by atoms with van der Waals surface area (Å²) in [5.41, 5.74) is 0.724. The maximum Gasteiger partial charge on any atom is 0.305 e. The summed E-state index contributed by atoms with van der Waals surface area (Å²) in [6.45, 7) is 2.09. The summed E-state index contributed by atoms with van der Waals surface area (Å²) < 4.78 is 4.53. The van der Waals surface area contributed by atoms with Crippen molar-refractivity contribution in [3.8, 4) is 0 Å². The quantitative estimate of drug-likeness (QED) is 0.344. The second-order valence-corrected chi connectivity index (χ2v) is 4.90. The smallest absolute Gasteiger partial charge is 0.305 e. The molecule has 0 bridgehead atoms. The van der Waals surface area contributed by atoms with Crippen molar-refractivity contribution < 1.29 is 19.2 Å². The van der Waals surface area contributed by atoms with Crippen molar-refractivity contribution in [2.75, 3.05) is 13.7 Å². The number of ether oxygens (including phenoxy) is 1. The number of benzene rings is 1. The molecular weight excluding hydrogens is 288 g/mol. The summed E-state index contributed by atoms with van der Waals surface area (Å²) in [5, 5.41) is 13.6. The van der Waals surface area contributed by atoms with Gasteiger partial charge in [0.25, 0.3) is 11.6 Å². The number of carbonyl (C=O) groups excluding carboxylic acids is 2. The van der Waals surface area contributed by atoms with Gasteiger partial charge in [-0.3, -0.25) is 19.7 Å². The van der Waals surface area contributed by atoms with Crippen LogP contribution in [0.1, 0.15) is 41.6 Å². The first-order valence-electron chi connectivity index (χ1n) is 7.05. The highest BCUT2D eigenvalue weighted by Crippen LogP contribution is 2.19. The Morgan fingerprint density at radius 2 is 2.00 bits per heavy atom. The van der Waals surface area contributed by atoms with E-state index in [0.29, 0.717) is 24.9 Å². The van der Waals surface area contributed by atoms with Gasteiger partial charge in [0.2, 0.25) is 0 Å². The predicted molar refractivity (Wildman–Crippen MR) is 80.7 cm³/mol. The summed E-state index contributed by atoms with van der Waals surface area (Å²) >= 11 is 0. The van der Waals surface area contributed by atoms with E-state index in [1.807, 2.05) is 0 Å². The van der Waals surface area contributed by atoms with E-state index in [1.54, 1.807) is 19.1 Å². The number of nitrogens with one attached hydrogen (secondary N) is 1. The van der Waals surface area contributed by atoms with Crippen molar-refractivity contribution in [2.24, 2.45) is 0 Å². The van der Waals surface area contributed by atoms with Gasteiger partial charge in [0.15, 0.2) is 0 Å².